The molecule has 0 unspecified atom stereocenters. The van der Waals surface area contributed by atoms with E-state index in [2.05, 4.69) is 5.32 Å². The van der Waals surface area contributed by atoms with Crippen LogP contribution in [0.4, 0.5) is 23.2 Å². The summed E-state index contributed by atoms with van der Waals surface area (Å²) in [6.45, 7) is 0.764. The summed E-state index contributed by atoms with van der Waals surface area (Å²) in [5, 5.41) is 11.2. The Morgan fingerprint density at radius 2 is 1.80 bits per heavy atom. The first-order valence-corrected chi connectivity index (χ1v) is 8.87. The van der Waals surface area contributed by atoms with Gasteiger partial charge in [-0.05, 0) is 65.6 Å². The fourth-order valence-electron chi connectivity index (χ4n) is 3.00. The van der Waals surface area contributed by atoms with Gasteiger partial charge in [0.05, 0.1) is 0 Å². The molecule has 0 aliphatic heterocycles. The van der Waals surface area contributed by atoms with Crippen LogP contribution in [0.15, 0.2) is 48.5 Å². The van der Waals surface area contributed by atoms with Crippen molar-refractivity contribution in [1.29, 1.82) is 0 Å². The van der Waals surface area contributed by atoms with E-state index in [1.54, 1.807) is 13.0 Å². The highest BCUT2D eigenvalue weighted by Crippen LogP contribution is 2.31. The maximum atomic E-state index is 14.5. The Morgan fingerprint density at radius 3 is 2.50 bits per heavy atom. The van der Waals surface area contributed by atoms with E-state index >= 15 is 0 Å². The van der Waals surface area contributed by atoms with Gasteiger partial charge in [-0.1, -0.05) is 12.1 Å². The number of carboxylic acids is 1. The van der Waals surface area contributed by atoms with Crippen molar-refractivity contribution in [3.63, 3.8) is 0 Å². The lowest BCUT2D eigenvalue weighted by Gasteiger charge is -2.15. The molecule has 0 saturated carbocycles. The van der Waals surface area contributed by atoms with Crippen molar-refractivity contribution in [2.75, 3.05) is 11.9 Å². The second kappa shape index (κ2) is 8.86. The van der Waals surface area contributed by atoms with Gasteiger partial charge < -0.3 is 15.2 Å². The quantitative estimate of drug-likeness (QED) is 0.511. The normalized spacial score (nSPS) is 10.7. The Labute approximate surface area is 169 Å². The Hall–Kier alpha value is -3.55. The summed E-state index contributed by atoms with van der Waals surface area (Å²) in [6, 6.07) is 10.0. The summed E-state index contributed by atoms with van der Waals surface area (Å²) in [6.07, 6.45) is 0. The van der Waals surface area contributed by atoms with Gasteiger partial charge in [0.15, 0.2) is 18.2 Å². The average Bonchev–Trinajstić information content (AvgIpc) is 2.69. The molecule has 0 saturated heterocycles. The molecule has 0 amide bonds. The lowest BCUT2D eigenvalue weighted by Crippen LogP contribution is -2.12. The Kier molecular flexibility index (Phi) is 6.25. The number of aliphatic carboxylic acids is 1. The first kappa shape index (κ1) is 21.2. The van der Waals surface area contributed by atoms with Crippen LogP contribution in [0.5, 0.6) is 5.75 Å². The number of ether oxygens (including phenoxy) is 1. The number of nitrogens with one attached hydrogen (secondary N) is 1. The molecule has 0 aliphatic rings. The van der Waals surface area contributed by atoms with E-state index in [4.69, 9.17) is 9.84 Å². The van der Waals surface area contributed by atoms with Gasteiger partial charge in [-0.25, -0.2) is 22.4 Å². The van der Waals surface area contributed by atoms with Gasteiger partial charge >= 0.3 is 5.97 Å². The topological polar surface area (TPSA) is 58.6 Å². The third-order valence-electron chi connectivity index (χ3n) is 4.48. The molecular formula is C22H17F4NO3. The van der Waals surface area contributed by atoms with Crippen LogP contribution in [-0.4, -0.2) is 17.7 Å². The molecule has 3 aromatic rings. The van der Waals surface area contributed by atoms with Gasteiger partial charge in [-0.3, -0.25) is 0 Å². The summed E-state index contributed by atoms with van der Waals surface area (Å²) < 4.78 is 61.2. The molecule has 2 N–H and O–H groups in total. The third-order valence-corrected chi connectivity index (χ3v) is 4.48. The molecule has 0 spiro atoms. The van der Waals surface area contributed by atoms with Crippen LogP contribution in [0.3, 0.4) is 0 Å². The van der Waals surface area contributed by atoms with Crippen molar-refractivity contribution in [2.24, 2.45) is 0 Å². The van der Waals surface area contributed by atoms with Crippen LogP contribution in [0, 0.1) is 30.2 Å². The molecule has 3 aromatic carbocycles. The number of carbonyl (C=O) groups is 1. The summed E-state index contributed by atoms with van der Waals surface area (Å²) in [4.78, 5) is 10.6. The third kappa shape index (κ3) is 4.71. The SMILES string of the molecule is Cc1c(CNc2c(F)ccc(OCC(=O)O)c2F)cc(F)cc1-c1cccc(F)c1. The molecule has 0 atom stereocenters. The summed E-state index contributed by atoms with van der Waals surface area (Å²) in [5.41, 5.74) is 1.40. The fourth-order valence-corrected chi connectivity index (χ4v) is 3.00. The van der Waals surface area contributed by atoms with E-state index in [0.717, 1.165) is 12.1 Å². The van der Waals surface area contributed by atoms with Crippen molar-refractivity contribution in [2.45, 2.75) is 13.5 Å². The van der Waals surface area contributed by atoms with Gasteiger partial charge in [0.2, 0.25) is 0 Å². The standard InChI is InChI=1S/C22H17F4NO3/c1-12-14(8-16(24)9-17(12)13-3-2-4-15(23)7-13)10-27-22-18(25)5-6-19(21(22)26)30-11-20(28)29/h2-9,27H,10-11H2,1H3,(H,28,29). The van der Waals surface area contributed by atoms with Crippen LogP contribution < -0.4 is 10.1 Å². The average molecular weight is 419 g/mol. The molecular weight excluding hydrogens is 402 g/mol. The minimum absolute atomic E-state index is 0.137. The second-order valence-corrected chi connectivity index (χ2v) is 6.52. The Bertz CT molecular complexity index is 1100. The highest BCUT2D eigenvalue weighted by molar-refractivity contribution is 5.69. The van der Waals surface area contributed by atoms with E-state index in [0.29, 0.717) is 22.3 Å². The van der Waals surface area contributed by atoms with E-state index in [1.165, 1.54) is 30.3 Å². The van der Waals surface area contributed by atoms with Crippen molar-refractivity contribution in [1.82, 2.24) is 0 Å². The Morgan fingerprint density at radius 1 is 1.03 bits per heavy atom. The van der Waals surface area contributed by atoms with E-state index in [-0.39, 0.29) is 6.54 Å². The highest BCUT2D eigenvalue weighted by atomic mass is 19.1. The van der Waals surface area contributed by atoms with Crippen LogP contribution in [0.2, 0.25) is 0 Å². The molecule has 0 bridgehead atoms. The van der Waals surface area contributed by atoms with Crippen LogP contribution in [0.1, 0.15) is 11.1 Å². The predicted octanol–water partition coefficient (Wildman–Crippen LogP) is 5.29. The van der Waals surface area contributed by atoms with E-state index in [1.807, 2.05) is 0 Å². The minimum Gasteiger partial charge on any atom is -0.479 e. The van der Waals surface area contributed by atoms with Crippen molar-refractivity contribution >= 4 is 11.7 Å². The number of hydrogen-bond acceptors (Lipinski definition) is 3. The smallest absolute Gasteiger partial charge is 0.341 e. The molecule has 0 heterocycles. The first-order chi connectivity index (χ1) is 14.3. The highest BCUT2D eigenvalue weighted by Gasteiger charge is 2.17. The van der Waals surface area contributed by atoms with Crippen LogP contribution in [0.25, 0.3) is 11.1 Å². The number of benzene rings is 3. The largest absolute Gasteiger partial charge is 0.479 e. The number of rotatable bonds is 7. The summed E-state index contributed by atoms with van der Waals surface area (Å²) >= 11 is 0. The Balaban J connectivity index is 1.89. The van der Waals surface area contributed by atoms with Crippen LogP contribution >= 0.6 is 0 Å². The monoisotopic (exact) mass is 419 g/mol. The first-order valence-electron chi connectivity index (χ1n) is 8.87. The summed E-state index contributed by atoms with van der Waals surface area (Å²) in [7, 11) is 0. The zero-order chi connectivity index (χ0) is 21.8. The summed E-state index contributed by atoms with van der Waals surface area (Å²) in [5.74, 6) is -4.83. The fraction of sp³-hybridized carbons (Fsp3) is 0.136. The van der Waals surface area contributed by atoms with Gasteiger partial charge in [0, 0.05) is 6.54 Å². The number of hydrogen-bond donors (Lipinski definition) is 2. The van der Waals surface area contributed by atoms with Crippen molar-refractivity contribution in [3.8, 4) is 16.9 Å². The van der Waals surface area contributed by atoms with E-state index in [9.17, 15) is 22.4 Å². The molecule has 4 nitrogen and oxygen atoms in total. The second-order valence-electron chi connectivity index (χ2n) is 6.52. The zero-order valence-corrected chi connectivity index (χ0v) is 15.8. The molecule has 3 rings (SSSR count). The molecule has 8 heteroatoms. The molecule has 0 aliphatic carbocycles. The zero-order valence-electron chi connectivity index (χ0n) is 15.8. The van der Waals surface area contributed by atoms with Crippen molar-refractivity contribution < 1.29 is 32.2 Å². The molecule has 0 aromatic heterocycles. The number of halogens is 4. The maximum absolute atomic E-state index is 14.5. The van der Waals surface area contributed by atoms with Gasteiger partial charge in [-0.2, -0.15) is 0 Å². The number of anilines is 1. The molecule has 0 fully saturated rings. The number of carboxylic acid groups (broad SMARTS) is 1. The minimum atomic E-state index is -1.31. The van der Waals surface area contributed by atoms with E-state index < -0.39 is 47.3 Å². The molecule has 0 radical (unpaired) electrons. The lowest BCUT2D eigenvalue weighted by atomic mass is 9.96. The lowest BCUT2D eigenvalue weighted by molar-refractivity contribution is -0.139. The van der Waals surface area contributed by atoms with Gasteiger partial charge in [0.25, 0.3) is 0 Å². The predicted molar refractivity (Wildman–Crippen MR) is 103 cm³/mol. The van der Waals surface area contributed by atoms with Crippen LogP contribution in [-0.2, 0) is 11.3 Å². The van der Waals surface area contributed by atoms with Gasteiger partial charge in [0.1, 0.15) is 23.1 Å². The molecule has 156 valence electrons. The van der Waals surface area contributed by atoms with Crippen molar-refractivity contribution in [3.05, 3.63) is 82.9 Å². The van der Waals surface area contributed by atoms with Gasteiger partial charge in [-0.15, -0.1) is 0 Å². The molecule has 30 heavy (non-hydrogen) atoms. The maximum Gasteiger partial charge on any atom is 0.341 e.